The van der Waals surface area contributed by atoms with E-state index in [0.717, 1.165) is 19.3 Å². The lowest BCUT2D eigenvalue weighted by Gasteiger charge is -2.41. The lowest BCUT2D eigenvalue weighted by Crippen LogP contribution is -2.44. The number of nitrogens with one attached hydrogen (secondary N) is 1. The molecule has 0 aliphatic heterocycles. The molecule has 1 saturated carbocycles. The summed E-state index contributed by atoms with van der Waals surface area (Å²) in [7, 11) is 1.70. The number of hydrogen-bond acceptors (Lipinski definition) is 4. The van der Waals surface area contributed by atoms with E-state index >= 15 is 0 Å². The Labute approximate surface area is 179 Å². The first kappa shape index (κ1) is 27.9. The molecule has 0 radical (unpaired) electrons. The quantitative estimate of drug-likeness (QED) is 0.579. The summed E-state index contributed by atoms with van der Waals surface area (Å²) in [6.07, 6.45) is 3.81. The molecular weight excluding hydrogens is 366 g/mol. The van der Waals surface area contributed by atoms with Gasteiger partial charge in [0.25, 0.3) is 0 Å². The summed E-state index contributed by atoms with van der Waals surface area (Å²) < 4.78 is 5.45. The van der Waals surface area contributed by atoms with E-state index in [0.29, 0.717) is 17.8 Å². The minimum absolute atomic E-state index is 0.0439. The Kier molecular flexibility index (Phi) is 11.5. The summed E-state index contributed by atoms with van der Waals surface area (Å²) in [6, 6.07) is 0. The van der Waals surface area contributed by atoms with Gasteiger partial charge in [-0.25, -0.2) is 0 Å². The lowest BCUT2D eigenvalue weighted by atomic mass is 9.67. The van der Waals surface area contributed by atoms with Gasteiger partial charge in [-0.3, -0.25) is 9.59 Å². The second-order valence-electron chi connectivity index (χ2n) is 10.2. The number of aliphatic hydroxyl groups excluding tert-OH is 1. The van der Waals surface area contributed by atoms with Crippen molar-refractivity contribution >= 4 is 11.9 Å². The van der Waals surface area contributed by atoms with E-state index in [1.807, 2.05) is 6.92 Å². The minimum Gasteiger partial charge on any atom is -0.462 e. The molecule has 0 saturated heterocycles. The van der Waals surface area contributed by atoms with Crippen molar-refractivity contribution in [1.82, 2.24) is 5.32 Å². The Morgan fingerprint density at radius 2 is 1.66 bits per heavy atom. The topological polar surface area (TPSA) is 75.6 Å². The van der Waals surface area contributed by atoms with E-state index in [-0.39, 0.29) is 35.2 Å². The molecule has 0 spiro atoms. The van der Waals surface area contributed by atoms with Crippen molar-refractivity contribution in [3.8, 4) is 0 Å². The van der Waals surface area contributed by atoms with Crippen LogP contribution in [0.5, 0.6) is 0 Å². The van der Waals surface area contributed by atoms with E-state index in [9.17, 15) is 9.59 Å². The highest BCUT2D eigenvalue weighted by Gasteiger charge is 2.39. The Bertz CT molecular complexity index is 505. The monoisotopic (exact) mass is 413 g/mol. The molecule has 1 aliphatic rings. The molecule has 0 aromatic heterocycles. The first-order valence-corrected chi connectivity index (χ1v) is 11.3. The van der Waals surface area contributed by atoms with E-state index in [4.69, 9.17) is 9.84 Å². The fourth-order valence-corrected chi connectivity index (χ4v) is 4.02. The number of aliphatic hydroxyl groups is 1. The number of esters is 1. The maximum atomic E-state index is 11.6. The molecule has 0 aromatic rings. The SMILES string of the molecule is CC(O)CC(=O)OC1CCCC(C)(C(C)C)C1.CNC(=O)C(C)(C(C)C)C(C)C. The number of amides is 1. The molecule has 0 aromatic carbocycles. The van der Waals surface area contributed by atoms with Crippen molar-refractivity contribution < 1.29 is 19.4 Å². The molecule has 1 rings (SSSR count). The van der Waals surface area contributed by atoms with Crippen LogP contribution in [0.15, 0.2) is 0 Å². The summed E-state index contributed by atoms with van der Waals surface area (Å²) >= 11 is 0. The fourth-order valence-electron chi connectivity index (χ4n) is 4.02. The van der Waals surface area contributed by atoms with Gasteiger partial charge in [-0.1, -0.05) is 55.4 Å². The van der Waals surface area contributed by atoms with E-state index in [1.54, 1.807) is 14.0 Å². The van der Waals surface area contributed by atoms with Crippen molar-refractivity contribution in [1.29, 1.82) is 0 Å². The molecule has 5 heteroatoms. The zero-order valence-electron chi connectivity index (χ0n) is 20.6. The third kappa shape index (κ3) is 8.27. The number of carbonyl (C=O) groups excluding carboxylic acids is 2. The molecule has 0 heterocycles. The van der Waals surface area contributed by atoms with Gasteiger partial charge in [-0.15, -0.1) is 0 Å². The zero-order valence-corrected chi connectivity index (χ0v) is 20.6. The largest absolute Gasteiger partial charge is 0.462 e. The number of hydrogen-bond donors (Lipinski definition) is 2. The molecular formula is C24H47NO4. The van der Waals surface area contributed by atoms with Crippen molar-refractivity contribution in [2.24, 2.45) is 28.6 Å². The summed E-state index contributed by atoms with van der Waals surface area (Å²) in [6.45, 7) is 18.8. The smallest absolute Gasteiger partial charge is 0.308 e. The molecule has 3 atom stereocenters. The average Bonchev–Trinajstić information content (AvgIpc) is 2.59. The van der Waals surface area contributed by atoms with Crippen LogP contribution in [0.1, 0.15) is 94.4 Å². The van der Waals surface area contributed by atoms with Crippen LogP contribution in [0, 0.1) is 28.6 Å². The highest BCUT2D eigenvalue weighted by molar-refractivity contribution is 5.82. The van der Waals surface area contributed by atoms with Crippen LogP contribution < -0.4 is 5.32 Å². The Morgan fingerprint density at radius 3 is 2.00 bits per heavy atom. The van der Waals surface area contributed by atoms with Gasteiger partial charge < -0.3 is 15.2 Å². The zero-order chi connectivity index (χ0) is 23.0. The van der Waals surface area contributed by atoms with Gasteiger partial charge in [0.1, 0.15) is 6.10 Å². The Balaban J connectivity index is 0.000000578. The molecule has 172 valence electrons. The highest BCUT2D eigenvalue weighted by atomic mass is 16.5. The van der Waals surface area contributed by atoms with Gasteiger partial charge in [0, 0.05) is 7.05 Å². The van der Waals surface area contributed by atoms with Crippen LogP contribution in [0.4, 0.5) is 0 Å². The molecule has 29 heavy (non-hydrogen) atoms. The number of carbonyl (C=O) groups is 2. The van der Waals surface area contributed by atoms with Gasteiger partial charge in [-0.2, -0.15) is 0 Å². The molecule has 0 bridgehead atoms. The van der Waals surface area contributed by atoms with Gasteiger partial charge >= 0.3 is 5.97 Å². The molecule has 2 N–H and O–H groups in total. The molecule has 5 nitrogen and oxygen atoms in total. The number of rotatable bonds is 7. The van der Waals surface area contributed by atoms with E-state index in [2.05, 4.69) is 53.8 Å². The normalized spacial score (nSPS) is 23.4. The Morgan fingerprint density at radius 1 is 1.14 bits per heavy atom. The maximum Gasteiger partial charge on any atom is 0.308 e. The molecule has 3 unspecified atom stereocenters. The average molecular weight is 414 g/mol. The van der Waals surface area contributed by atoms with Crippen molar-refractivity contribution in [3.05, 3.63) is 0 Å². The third-order valence-corrected chi connectivity index (χ3v) is 7.24. The van der Waals surface area contributed by atoms with Crippen molar-refractivity contribution in [3.63, 3.8) is 0 Å². The van der Waals surface area contributed by atoms with E-state index < -0.39 is 6.10 Å². The lowest BCUT2D eigenvalue weighted by molar-refractivity contribution is -0.155. The van der Waals surface area contributed by atoms with Crippen molar-refractivity contribution in [2.45, 2.75) is 107 Å². The summed E-state index contributed by atoms with van der Waals surface area (Å²) in [4.78, 5) is 23.1. The first-order chi connectivity index (χ1) is 13.2. The molecule has 1 fully saturated rings. The fraction of sp³-hybridized carbons (Fsp3) is 0.917. The Hall–Kier alpha value is -1.10. The standard InChI is InChI=1S/C14H26O3.C10H21NO/c1-10(2)14(4)7-5-6-12(9-14)17-13(16)8-11(3)15;1-7(2)10(5,8(3)4)9(12)11-6/h10-12,15H,5-9H2,1-4H3;7-8H,1-6H3,(H,11,12). The summed E-state index contributed by atoms with van der Waals surface area (Å²) in [5.41, 5.74) is 0.0444. The van der Waals surface area contributed by atoms with Crippen LogP contribution in [-0.4, -0.2) is 36.2 Å². The van der Waals surface area contributed by atoms with Crippen LogP contribution in [-0.2, 0) is 14.3 Å². The van der Waals surface area contributed by atoms with E-state index in [1.165, 1.54) is 6.42 Å². The van der Waals surface area contributed by atoms with Crippen molar-refractivity contribution in [2.75, 3.05) is 7.05 Å². The molecule has 1 amide bonds. The van der Waals surface area contributed by atoms with Gasteiger partial charge in [0.05, 0.1) is 17.9 Å². The highest BCUT2D eigenvalue weighted by Crippen LogP contribution is 2.43. The summed E-state index contributed by atoms with van der Waals surface area (Å²) in [5.74, 6) is 1.24. The predicted octanol–water partition coefficient (Wildman–Crippen LogP) is 4.96. The molecule has 1 aliphatic carbocycles. The van der Waals surface area contributed by atoms with Crippen LogP contribution in [0.2, 0.25) is 0 Å². The minimum atomic E-state index is -0.609. The van der Waals surface area contributed by atoms with Crippen LogP contribution in [0.3, 0.4) is 0 Å². The second-order valence-corrected chi connectivity index (χ2v) is 10.2. The van der Waals surface area contributed by atoms with Gasteiger partial charge in [0.15, 0.2) is 0 Å². The van der Waals surface area contributed by atoms with Crippen LogP contribution in [0.25, 0.3) is 0 Å². The van der Waals surface area contributed by atoms with Crippen LogP contribution >= 0.6 is 0 Å². The summed E-state index contributed by atoms with van der Waals surface area (Å²) in [5, 5.41) is 11.9. The van der Waals surface area contributed by atoms with Gasteiger partial charge in [-0.05, 0) is 55.8 Å². The van der Waals surface area contributed by atoms with Gasteiger partial charge in [0.2, 0.25) is 5.91 Å². The third-order valence-electron chi connectivity index (χ3n) is 7.24. The number of ether oxygens (including phenoxy) is 1. The maximum absolute atomic E-state index is 11.6. The predicted molar refractivity (Wildman–Crippen MR) is 119 cm³/mol. The first-order valence-electron chi connectivity index (χ1n) is 11.3. The second kappa shape index (κ2) is 11.9.